The summed E-state index contributed by atoms with van der Waals surface area (Å²) in [5, 5.41) is 0. The summed E-state index contributed by atoms with van der Waals surface area (Å²) in [6.07, 6.45) is -2.20. The molecule has 0 aromatic heterocycles. The molecule has 0 amide bonds. The van der Waals surface area contributed by atoms with E-state index in [9.17, 15) is 13.2 Å². The number of hydrogen-bond donors (Lipinski definition) is 0. The zero-order valence-corrected chi connectivity index (χ0v) is 9.98. The van der Waals surface area contributed by atoms with Crippen molar-refractivity contribution in [2.24, 2.45) is 0 Å². The summed E-state index contributed by atoms with van der Waals surface area (Å²) in [6, 6.07) is 15.3. The van der Waals surface area contributed by atoms with E-state index in [0.717, 1.165) is 23.3 Å². The van der Waals surface area contributed by atoms with Gasteiger partial charge in [0.05, 0.1) is 5.56 Å². The third-order valence-corrected chi connectivity index (χ3v) is 3.28. The Balaban J connectivity index is 1.77. The summed E-state index contributed by atoms with van der Waals surface area (Å²) in [7, 11) is 0. The van der Waals surface area contributed by atoms with E-state index >= 15 is 0 Å². The molecule has 0 fully saturated rings. The van der Waals surface area contributed by atoms with Crippen LogP contribution in [0.3, 0.4) is 0 Å². The zero-order valence-electron chi connectivity index (χ0n) is 9.98. The Morgan fingerprint density at radius 1 is 0.789 bits per heavy atom. The predicted molar refractivity (Wildman–Crippen MR) is 68.6 cm³/mol. The van der Waals surface area contributed by atoms with Crippen molar-refractivity contribution in [3.05, 3.63) is 77.4 Å². The molecule has 1 aliphatic rings. The summed E-state index contributed by atoms with van der Waals surface area (Å²) >= 11 is 0. The summed E-state index contributed by atoms with van der Waals surface area (Å²) in [5.74, 6) is 0.157. The van der Waals surface area contributed by atoms with Crippen molar-refractivity contribution in [2.45, 2.75) is 12.1 Å². The highest BCUT2D eigenvalue weighted by Crippen LogP contribution is 2.46. The second-order valence-corrected chi connectivity index (χ2v) is 4.59. The van der Waals surface area contributed by atoms with Gasteiger partial charge < -0.3 is 0 Å². The molecular formula is C16H11F3. The summed E-state index contributed by atoms with van der Waals surface area (Å²) in [4.78, 5) is 0. The fraction of sp³-hybridized carbons (Fsp3) is 0.125. The molecule has 0 heterocycles. The molecule has 0 saturated carbocycles. The third-order valence-electron chi connectivity index (χ3n) is 3.28. The molecule has 0 spiro atoms. The average Bonchev–Trinajstić information content (AvgIpc) is 3.19. The van der Waals surface area contributed by atoms with Crippen LogP contribution in [-0.4, -0.2) is 0 Å². The van der Waals surface area contributed by atoms with Crippen molar-refractivity contribution >= 4 is 5.57 Å². The molecule has 19 heavy (non-hydrogen) atoms. The van der Waals surface area contributed by atoms with Crippen LogP contribution in [0.25, 0.3) is 5.57 Å². The van der Waals surface area contributed by atoms with Gasteiger partial charge in [0.2, 0.25) is 0 Å². The van der Waals surface area contributed by atoms with Gasteiger partial charge in [0.1, 0.15) is 0 Å². The van der Waals surface area contributed by atoms with Crippen molar-refractivity contribution in [1.29, 1.82) is 0 Å². The molecule has 0 bridgehead atoms. The fourth-order valence-corrected chi connectivity index (χ4v) is 2.19. The number of hydrogen-bond acceptors (Lipinski definition) is 0. The van der Waals surface area contributed by atoms with Crippen LogP contribution in [0.1, 0.15) is 22.6 Å². The van der Waals surface area contributed by atoms with Crippen LogP contribution in [0.5, 0.6) is 0 Å². The summed E-state index contributed by atoms with van der Waals surface area (Å²) in [5.41, 5.74) is 2.62. The van der Waals surface area contributed by atoms with Crippen LogP contribution in [0, 0.1) is 0 Å². The molecular weight excluding hydrogens is 249 g/mol. The van der Waals surface area contributed by atoms with Gasteiger partial charge in [-0.3, -0.25) is 0 Å². The van der Waals surface area contributed by atoms with Gasteiger partial charge in [-0.25, -0.2) is 0 Å². The number of halogens is 3. The van der Waals surface area contributed by atoms with E-state index in [4.69, 9.17) is 0 Å². The van der Waals surface area contributed by atoms with E-state index in [1.165, 1.54) is 5.57 Å². The van der Waals surface area contributed by atoms with Gasteiger partial charge >= 0.3 is 6.18 Å². The molecule has 96 valence electrons. The van der Waals surface area contributed by atoms with Gasteiger partial charge in [-0.15, -0.1) is 0 Å². The first-order valence-electron chi connectivity index (χ1n) is 6.00. The quantitative estimate of drug-likeness (QED) is 0.721. The number of allylic oxidation sites excluding steroid dienone is 2. The van der Waals surface area contributed by atoms with Gasteiger partial charge in [0.25, 0.3) is 0 Å². The highest BCUT2D eigenvalue weighted by atomic mass is 19.4. The fourth-order valence-electron chi connectivity index (χ4n) is 2.19. The Morgan fingerprint density at radius 3 is 2.00 bits per heavy atom. The first-order valence-corrected chi connectivity index (χ1v) is 6.00. The molecule has 1 unspecified atom stereocenters. The largest absolute Gasteiger partial charge is 0.416 e. The minimum absolute atomic E-state index is 0.157. The topological polar surface area (TPSA) is 0 Å². The van der Waals surface area contributed by atoms with Crippen molar-refractivity contribution in [1.82, 2.24) is 0 Å². The van der Waals surface area contributed by atoms with Gasteiger partial charge in [-0.2, -0.15) is 13.2 Å². The maximum Gasteiger partial charge on any atom is 0.416 e. The standard InChI is InChI=1S/C16H11F3/c17-16(18,19)13-8-6-12(7-9-13)15-10-14(15)11-4-2-1-3-5-11/h1-10,15H. The first kappa shape index (κ1) is 12.0. The van der Waals surface area contributed by atoms with Crippen LogP contribution in [-0.2, 0) is 6.18 Å². The lowest BCUT2D eigenvalue weighted by Crippen LogP contribution is -2.04. The molecule has 1 aliphatic carbocycles. The first-order chi connectivity index (χ1) is 9.05. The van der Waals surface area contributed by atoms with Crippen LogP contribution >= 0.6 is 0 Å². The average molecular weight is 260 g/mol. The Hall–Kier alpha value is -2.03. The lowest BCUT2D eigenvalue weighted by atomic mass is 10.0. The maximum absolute atomic E-state index is 12.5. The Bertz CT molecular complexity index is 607. The SMILES string of the molecule is FC(F)(F)c1ccc(C2C=C2c2ccccc2)cc1. The Labute approximate surface area is 109 Å². The van der Waals surface area contributed by atoms with Crippen LogP contribution in [0.2, 0.25) is 0 Å². The molecule has 2 aromatic carbocycles. The zero-order chi connectivity index (χ0) is 13.5. The van der Waals surface area contributed by atoms with Gasteiger partial charge in [-0.1, -0.05) is 48.5 Å². The van der Waals surface area contributed by atoms with E-state index in [0.29, 0.717) is 0 Å². The third kappa shape index (κ3) is 2.41. The molecule has 0 N–H and O–H groups in total. The Morgan fingerprint density at radius 2 is 1.42 bits per heavy atom. The van der Waals surface area contributed by atoms with E-state index in [-0.39, 0.29) is 5.92 Å². The molecule has 0 radical (unpaired) electrons. The number of alkyl halides is 3. The van der Waals surface area contributed by atoms with E-state index in [2.05, 4.69) is 6.08 Å². The highest BCUT2D eigenvalue weighted by molar-refractivity contribution is 5.85. The molecule has 2 aromatic rings. The van der Waals surface area contributed by atoms with Gasteiger partial charge in [-0.05, 0) is 28.8 Å². The number of benzene rings is 2. The predicted octanol–water partition coefficient (Wildman–Crippen LogP) is 4.89. The molecule has 1 atom stereocenters. The highest BCUT2D eigenvalue weighted by Gasteiger charge is 2.32. The lowest BCUT2D eigenvalue weighted by Gasteiger charge is -2.07. The van der Waals surface area contributed by atoms with Crippen LogP contribution < -0.4 is 0 Å². The van der Waals surface area contributed by atoms with Crippen molar-refractivity contribution < 1.29 is 13.2 Å². The normalized spacial score (nSPS) is 18.1. The van der Waals surface area contributed by atoms with Crippen LogP contribution in [0.4, 0.5) is 13.2 Å². The minimum atomic E-state index is -4.27. The lowest BCUT2D eigenvalue weighted by molar-refractivity contribution is -0.137. The van der Waals surface area contributed by atoms with Crippen molar-refractivity contribution in [3.63, 3.8) is 0 Å². The second-order valence-electron chi connectivity index (χ2n) is 4.59. The summed E-state index contributed by atoms with van der Waals surface area (Å²) < 4.78 is 37.4. The maximum atomic E-state index is 12.5. The van der Waals surface area contributed by atoms with E-state index in [1.807, 2.05) is 30.3 Å². The number of rotatable bonds is 2. The van der Waals surface area contributed by atoms with E-state index < -0.39 is 11.7 Å². The second kappa shape index (κ2) is 4.26. The summed E-state index contributed by atoms with van der Waals surface area (Å²) in [6.45, 7) is 0. The van der Waals surface area contributed by atoms with E-state index in [1.54, 1.807) is 12.1 Å². The minimum Gasteiger partial charge on any atom is -0.166 e. The van der Waals surface area contributed by atoms with Crippen molar-refractivity contribution in [3.8, 4) is 0 Å². The van der Waals surface area contributed by atoms with Crippen LogP contribution in [0.15, 0.2) is 60.7 Å². The Kier molecular flexibility index (Phi) is 2.70. The van der Waals surface area contributed by atoms with Gasteiger partial charge in [0.15, 0.2) is 0 Å². The smallest absolute Gasteiger partial charge is 0.166 e. The van der Waals surface area contributed by atoms with Crippen molar-refractivity contribution in [2.75, 3.05) is 0 Å². The molecule has 0 saturated heterocycles. The molecule has 0 aliphatic heterocycles. The monoisotopic (exact) mass is 260 g/mol. The molecule has 3 heteroatoms. The molecule has 0 nitrogen and oxygen atoms in total. The molecule has 3 rings (SSSR count). The van der Waals surface area contributed by atoms with Gasteiger partial charge in [0, 0.05) is 5.92 Å².